The van der Waals surface area contributed by atoms with Crippen molar-refractivity contribution in [1.29, 1.82) is 0 Å². The summed E-state index contributed by atoms with van der Waals surface area (Å²) in [7, 11) is 3.64. The number of esters is 3. The second kappa shape index (κ2) is 9.29. The Bertz CT molecular complexity index is 627. The number of amides is 1. The van der Waals surface area contributed by atoms with E-state index in [0.717, 1.165) is 0 Å². The van der Waals surface area contributed by atoms with Crippen molar-refractivity contribution in [3.05, 3.63) is 35.4 Å². The van der Waals surface area contributed by atoms with E-state index in [0.29, 0.717) is 0 Å². The molecular formula is C16H19NO7. The fraction of sp³-hybridized carbons (Fsp3) is 0.375. The Morgan fingerprint density at radius 3 is 2.25 bits per heavy atom. The lowest BCUT2D eigenvalue weighted by Crippen LogP contribution is -2.42. The van der Waals surface area contributed by atoms with Gasteiger partial charge >= 0.3 is 17.9 Å². The molecule has 130 valence electrons. The average Bonchev–Trinajstić information content (AvgIpc) is 2.63. The van der Waals surface area contributed by atoms with Crippen LogP contribution < -0.4 is 5.32 Å². The number of ether oxygens (including phenoxy) is 3. The van der Waals surface area contributed by atoms with Crippen molar-refractivity contribution in [3.63, 3.8) is 0 Å². The third-order valence-corrected chi connectivity index (χ3v) is 3.20. The highest BCUT2D eigenvalue weighted by Gasteiger charge is 2.23. The Labute approximate surface area is 139 Å². The van der Waals surface area contributed by atoms with Crippen LogP contribution in [0.15, 0.2) is 24.3 Å². The maximum absolute atomic E-state index is 12.3. The molecule has 0 saturated carbocycles. The molecule has 0 heterocycles. The predicted molar refractivity (Wildman–Crippen MR) is 82.3 cm³/mol. The van der Waals surface area contributed by atoms with Crippen LogP contribution in [0, 0.1) is 0 Å². The molecule has 24 heavy (non-hydrogen) atoms. The number of nitrogens with one attached hydrogen (secondary N) is 1. The molecule has 0 aliphatic rings. The second-order valence-electron chi connectivity index (χ2n) is 4.74. The first-order valence-electron chi connectivity index (χ1n) is 7.06. The van der Waals surface area contributed by atoms with Gasteiger partial charge in [0.15, 0.2) is 0 Å². The maximum Gasteiger partial charge on any atom is 0.337 e. The van der Waals surface area contributed by atoms with Gasteiger partial charge in [-0.3, -0.25) is 9.59 Å². The van der Waals surface area contributed by atoms with Gasteiger partial charge in [-0.25, -0.2) is 9.59 Å². The number of benzene rings is 1. The Morgan fingerprint density at radius 2 is 1.67 bits per heavy atom. The molecular weight excluding hydrogens is 318 g/mol. The number of hydrogen-bond acceptors (Lipinski definition) is 7. The van der Waals surface area contributed by atoms with Crippen molar-refractivity contribution < 1.29 is 33.4 Å². The van der Waals surface area contributed by atoms with Gasteiger partial charge in [-0.1, -0.05) is 6.07 Å². The van der Waals surface area contributed by atoms with Crippen molar-refractivity contribution in [3.8, 4) is 0 Å². The van der Waals surface area contributed by atoms with E-state index in [-0.39, 0.29) is 24.0 Å². The topological polar surface area (TPSA) is 108 Å². The van der Waals surface area contributed by atoms with Crippen molar-refractivity contribution in [2.45, 2.75) is 18.9 Å². The lowest BCUT2D eigenvalue weighted by atomic mass is 10.1. The first kappa shape index (κ1) is 19.1. The van der Waals surface area contributed by atoms with Crippen LogP contribution in [-0.2, 0) is 23.8 Å². The van der Waals surface area contributed by atoms with Gasteiger partial charge < -0.3 is 19.5 Å². The van der Waals surface area contributed by atoms with Crippen LogP contribution in [0.3, 0.4) is 0 Å². The van der Waals surface area contributed by atoms with E-state index < -0.39 is 29.9 Å². The zero-order valence-corrected chi connectivity index (χ0v) is 13.7. The Kier molecular flexibility index (Phi) is 7.41. The molecule has 0 aromatic heterocycles. The molecule has 0 bridgehead atoms. The Hall–Kier alpha value is -2.90. The monoisotopic (exact) mass is 337 g/mol. The van der Waals surface area contributed by atoms with Crippen LogP contribution in [0.1, 0.15) is 33.6 Å². The average molecular weight is 337 g/mol. The minimum Gasteiger partial charge on any atom is -0.469 e. The van der Waals surface area contributed by atoms with Crippen LogP contribution in [0.2, 0.25) is 0 Å². The largest absolute Gasteiger partial charge is 0.469 e. The minimum atomic E-state index is -1.01. The van der Waals surface area contributed by atoms with E-state index in [2.05, 4.69) is 19.5 Å². The molecule has 1 aromatic rings. The summed E-state index contributed by atoms with van der Waals surface area (Å²) in [5, 5.41) is 2.47. The van der Waals surface area contributed by atoms with Crippen LogP contribution in [-0.4, -0.2) is 51.2 Å². The Balaban J connectivity index is 2.85. The highest BCUT2D eigenvalue weighted by molar-refractivity contribution is 5.99. The molecule has 1 aromatic carbocycles. The van der Waals surface area contributed by atoms with Crippen LogP contribution in [0.5, 0.6) is 0 Å². The lowest BCUT2D eigenvalue weighted by Gasteiger charge is -2.16. The van der Waals surface area contributed by atoms with E-state index in [1.165, 1.54) is 45.6 Å². The molecule has 0 saturated heterocycles. The highest BCUT2D eigenvalue weighted by atomic mass is 16.5. The quantitative estimate of drug-likeness (QED) is 0.576. The zero-order valence-electron chi connectivity index (χ0n) is 13.7. The molecule has 0 aliphatic heterocycles. The predicted octanol–water partition coefficient (Wildman–Crippen LogP) is 0.698. The molecule has 8 nitrogen and oxygen atoms in total. The molecule has 0 spiro atoms. The van der Waals surface area contributed by atoms with Crippen LogP contribution >= 0.6 is 0 Å². The van der Waals surface area contributed by atoms with E-state index in [9.17, 15) is 19.2 Å². The molecule has 1 rings (SSSR count). The summed E-state index contributed by atoms with van der Waals surface area (Å²) in [6, 6.07) is 4.83. The molecule has 0 radical (unpaired) electrons. The van der Waals surface area contributed by atoms with Gasteiger partial charge in [0.05, 0.1) is 26.9 Å². The summed E-state index contributed by atoms with van der Waals surface area (Å²) in [6.07, 6.45) is -0.0273. The van der Waals surface area contributed by atoms with Crippen molar-refractivity contribution in [2.75, 3.05) is 21.3 Å². The number of carbonyl (C=O) groups is 4. The molecule has 1 atom stereocenters. The van der Waals surface area contributed by atoms with Gasteiger partial charge in [-0.15, -0.1) is 0 Å². The fourth-order valence-electron chi connectivity index (χ4n) is 1.90. The summed E-state index contributed by atoms with van der Waals surface area (Å²) in [6.45, 7) is 0. The minimum absolute atomic E-state index is 0.0295. The number of methoxy groups -OCH3 is 3. The first-order valence-corrected chi connectivity index (χ1v) is 7.06. The summed E-state index contributed by atoms with van der Waals surface area (Å²) in [5.41, 5.74) is 0.374. The van der Waals surface area contributed by atoms with Gasteiger partial charge in [-0.2, -0.15) is 0 Å². The standard InChI is InChI=1S/C16H19NO7/c1-22-13(18)8-7-12(16(21)24-3)17-14(19)10-5-4-6-11(9-10)15(20)23-2/h4-6,9,12H,7-8H2,1-3H3,(H,17,19)/t12-/m1/s1. The maximum atomic E-state index is 12.3. The van der Waals surface area contributed by atoms with E-state index >= 15 is 0 Å². The van der Waals surface area contributed by atoms with Gasteiger partial charge in [0.1, 0.15) is 6.04 Å². The van der Waals surface area contributed by atoms with Crippen molar-refractivity contribution in [1.82, 2.24) is 5.32 Å². The lowest BCUT2D eigenvalue weighted by molar-refractivity contribution is -0.144. The first-order chi connectivity index (χ1) is 11.4. The normalized spacial score (nSPS) is 11.1. The smallest absolute Gasteiger partial charge is 0.337 e. The van der Waals surface area contributed by atoms with Gasteiger partial charge in [0.2, 0.25) is 0 Å². The molecule has 0 unspecified atom stereocenters. The summed E-state index contributed by atoms with van der Waals surface area (Å²) < 4.78 is 13.7. The van der Waals surface area contributed by atoms with E-state index in [1.807, 2.05) is 0 Å². The highest BCUT2D eigenvalue weighted by Crippen LogP contribution is 2.09. The molecule has 1 amide bonds. The number of carbonyl (C=O) groups excluding carboxylic acids is 4. The summed E-state index contributed by atoms with van der Waals surface area (Å²) >= 11 is 0. The molecule has 1 N–H and O–H groups in total. The third kappa shape index (κ3) is 5.38. The molecule has 0 aliphatic carbocycles. The second-order valence-corrected chi connectivity index (χ2v) is 4.74. The van der Waals surface area contributed by atoms with E-state index in [1.54, 1.807) is 0 Å². The van der Waals surface area contributed by atoms with Gasteiger partial charge in [0, 0.05) is 12.0 Å². The third-order valence-electron chi connectivity index (χ3n) is 3.20. The molecule has 8 heteroatoms. The Morgan fingerprint density at radius 1 is 1.00 bits per heavy atom. The van der Waals surface area contributed by atoms with E-state index in [4.69, 9.17) is 0 Å². The van der Waals surface area contributed by atoms with Crippen molar-refractivity contribution in [2.24, 2.45) is 0 Å². The zero-order chi connectivity index (χ0) is 18.1. The molecule has 0 fully saturated rings. The van der Waals surface area contributed by atoms with Crippen LogP contribution in [0.4, 0.5) is 0 Å². The van der Waals surface area contributed by atoms with Crippen molar-refractivity contribution >= 4 is 23.8 Å². The number of rotatable bonds is 7. The number of hydrogen-bond donors (Lipinski definition) is 1. The summed E-state index contributed by atoms with van der Waals surface area (Å²) in [5.74, 6) is -2.36. The van der Waals surface area contributed by atoms with Gasteiger partial charge in [-0.05, 0) is 24.6 Å². The fourth-order valence-corrected chi connectivity index (χ4v) is 1.90. The SMILES string of the molecule is COC(=O)CC[C@@H](NC(=O)c1cccc(C(=O)OC)c1)C(=O)OC. The summed E-state index contributed by atoms with van der Waals surface area (Å²) in [4.78, 5) is 46.7. The van der Waals surface area contributed by atoms with Gasteiger partial charge in [0.25, 0.3) is 5.91 Å². The van der Waals surface area contributed by atoms with Crippen LogP contribution in [0.25, 0.3) is 0 Å².